The van der Waals surface area contributed by atoms with Crippen molar-refractivity contribution in [1.29, 1.82) is 5.26 Å². The number of nitriles is 1. The summed E-state index contributed by atoms with van der Waals surface area (Å²) < 4.78 is 0. The molecule has 0 aliphatic rings. The second-order valence-corrected chi connectivity index (χ2v) is 3.74. The van der Waals surface area contributed by atoms with Gasteiger partial charge >= 0.3 is 0 Å². The van der Waals surface area contributed by atoms with E-state index in [1.165, 1.54) is 0 Å². The monoisotopic (exact) mass is 202 g/mol. The molecule has 0 unspecified atom stereocenters. The normalized spacial score (nSPS) is 10.4. The fraction of sp³-hybridized carbons (Fsp3) is 0.182. The van der Waals surface area contributed by atoms with E-state index in [9.17, 15) is 0 Å². The Hall–Kier alpha value is -1.40. The van der Waals surface area contributed by atoms with Gasteiger partial charge in [-0.2, -0.15) is 5.26 Å². The Balaban J connectivity index is 2.81. The molecule has 0 radical (unpaired) electrons. The quantitative estimate of drug-likeness (QED) is 0.686. The molecule has 2 aromatic rings. The highest BCUT2D eigenvalue weighted by Crippen LogP contribution is 2.27. The second kappa shape index (κ2) is 3.39. The van der Waals surface area contributed by atoms with Crippen molar-refractivity contribution in [2.75, 3.05) is 0 Å². The van der Waals surface area contributed by atoms with E-state index in [-0.39, 0.29) is 0 Å². The number of nitrogens with one attached hydrogen (secondary N) is 1. The summed E-state index contributed by atoms with van der Waals surface area (Å²) in [4.78, 5) is 4.18. The Morgan fingerprint density at radius 2 is 2.29 bits per heavy atom. The molecule has 14 heavy (non-hydrogen) atoms. The number of nitrogens with zero attached hydrogens (tertiary/aromatic N) is 1. The second-order valence-electron chi connectivity index (χ2n) is 3.26. The third-order valence-corrected chi connectivity index (χ3v) is 2.75. The molecule has 0 amide bonds. The smallest absolute Gasteiger partial charge is 0.0670 e. The van der Waals surface area contributed by atoms with Crippen molar-refractivity contribution < 1.29 is 0 Å². The summed E-state index contributed by atoms with van der Waals surface area (Å²) in [7, 11) is 0. The number of hydrogen-bond donors (Lipinski definition) is 2. The fourth-order valence-corrected chi connectivity index (χ4v) is 2.07. The molecule has 70 valence electrons. The van der Waals surface area contributed by atoms with Crippen LogP contribution < -0.4 is 0 Å². The van der Waals surface area contributed by atoms with Gasteiger partial charge in [-0.3, -0.25) is 0 Å². The lowest BCUT2D eigenvalue weighted by atomic mass is 10.1. The molecule has 0 bridgehead atoms. The SMILES string of the molecule is Cc1[nH]c2cccc(S)c2c1CC#N. The predicted octanol–water partition coefficient (Wildman–Crippen LogP) is 2.83. The van der Waals surface area contributed by atoms with Crippen LogP contribution in [0.1, 0.15) is 11.3 Å². The molecule has 2 nitrogen and oxygen atoms in total. The number of benzene rings is 1. The summed E-state index contributed by atoms with van der Waals surface area (Å²) in [5.74, 6) is 0. The first-order chi connectivity index (χ1) is 6.74. The van der Waals surface area contributed by atoms with Crippen LogP contribution in [-0.4, -0.2) is 4.98 Å². The summed E-state index contributed by atoms with van der Waals surface area (Å²) in [6, 6.07) is 8.08. The van der Waals surface area contributed by atoms with Crippen molar-refractivity contribution in [3.05, 3.63) is 29.5 Å². The number of rotatable bonds is 1. The molecule has 0 spiro atoms. The van der Waals surface area contributed by atoms with E-state index in [2.05, 4.69) is 23.7 Å². The van der Waals surface area contributed by atoms with E-state index in [1.807, 2.05) is 25.1 Å². The lowest BCUT2D eigenvalue weighted by molar-refractivity contribution is 1.19. The van der Waals surface area contributed by atoms with Crippen molar-refractivity contribution in [2.24, 2.45) is 0 Å². The molecule has 0 fully saturated rings. The minimum absolute atomic E-state index is 0.434. The summed E-state index contributed by atoms with van der Waals surface area (Å²) >= 11 is 4.40. The maximum absolute atomic E-state index is 8.72. The van der Waals surface area contributed by atoms with E-state index in [0.29, 0.717) is 6.42 Å². The molecule has 0 aliphatic heterocycles. The van der Waals surface area contributed by atoms with Gasteiger partial charge in [0.15, 0.2) is 0 Å². The first-order valence-electron chi connectivity index (χ1n) is 4.40. The average Bonchev–Trinajstić information content (AvgIpc) is 2.45. The van der Waals surface area contributed by atoms with Crippen LogP contribution in [0, 0.1) is 18.3 Å². The number of aromatic amines is 1. The Labute approximate surface area is 88.0 Å². The summed E-state index contributed by atoms with van der Waals surface area (Å²) in [5, 5.41) is 9.80. The summed E-state index contributed by atoms with van der Waals surface area (Å²) in [5.41, 5.74) is 3.18. The molecule has 2 rings (SSSR count). The molecule has 1 aromatic heterocycles. The first-order valence-corrected chi connectivity index (χ1v) is 4.85. The van der Waals surface area contributed by atoms with E-state index in [0.717, 1.165) is 27.1 Å². The average molecular weight is 202 g/mol. The molecular weight excluding hydrogens is 192 g/mol. The maximum atomic E-state index is 8.72. The number of thiol groups is 1. The highest BCUT2D eigenvalue weighted by molar-refractivity contribution is 7.80. The van der Waals surface area contributed by atoms with Crippen LogP contribution in [0.4, 0.5) is 0 Å². The van der Waals surface area contributed by atoms with Crippen LogP contribution in [0.2, 0.25) is 0 Å². The van der Waals surface area contributed by atoms with Gasteiger partial charge in [-0.25, -0.2) is 0 Å². The van der Waals surface area contributed by atoms with Gasteiger partial charge < -0.3 is 4.98 Å². The molecule has 1 heterocycles. The van der Waals surface area contributed by atoms with Gasteiger partial charge in [0.05, 0.1) is 12.5 Å². The van der Waals surface area contributed by atoms with Gasteiger partial charge in [-0.15, -0.1) is 12.6 Å². The van der Waals surface area contributed by atoms with Gasteiger partial charge in [0, 0.05) is 21.5 Å². The minimum Gasteiger partial charge on any atom is -0.358 e. The molecule has 3 heteroatoms. The molecular formula is C11H10N2S. The van der Waals surface area contributed by atoms with Crippen LogP contribution in [-0.2, 0) is 6.42 Å². The molecule has 0 aliphatic carbocycles. The predicted molar refractivity (Wildman–Crippen MR) is 59.6 cm³/mol. The van der Waals surface area contributed by atoms with Crippen molar-refractivity contribution in [2.45, 2.75) is 18.2 Å². The minimum atomic E-state index is 0.434. The number of H-pyrrole nitrogens is 1. The number of aromatic nitrogens is 1. The molecule has 1 N–H and O–H groups in total. The maximum Gasteiger partial charge on any atom is 0.0670 e. The van der Waals surface area contributed by atoms with Crippen LogP contribution in [0.15, 0.2) is 23.1 Å². The first kappa shape index (κ1) is 9.17. The Morgan fingerprint density at radius 3 is 3.00 bits per heavy atom. The number of hydrogen-bond acceptors (Lipinski definition) is 2. The summed E-state index contributed by atoms with van der Waals surface area (Å²) in [6.45, 7) is 1.99. The number of fused-ring (bicyclic) bond motifs is 1. The van der Waals surface area contributed by atoms with E-state index in [1.54, 1.807) is 0 Å². The third-order valence-electron chi connectivity index (χ3n) is 2.37. The lowest BCUT2D eigenvalue weighted by Crippen LogP contribution is -1.83. The molecule has 0 atom stereocenters. The van der Waals surface area contributed by atoms with E-state index in [4.69, 9.17) is 5.26 Å². The van der Waals surface area contributed by atoms with Crippen LogP contribution in [0.25, 0.3) is 10.9 Å². The summed E-state index contributed by atoms with van der Waals surface area (Å²) in [6.07, 6.45) is 0.434. The lowest BCUT2D eigenvalue weighted by Gasteiger charge is -1.97. The fourth-order valence-electron chi connectivity index (χ4n) is 1.73. The van der Waals surface area contributed by atoms with Crippen molar-refractivity contribution >= 4 is 23.5 Å². The largest absolute Gasteiger partial charge is 0.358 e. The number of aryl methyl sites for hydroxylation is 1. The zero-order valence-electron chi connectivity index (χ0n) is 7.83. The highest BCUT2D eigenvalue weighted by Gasteiger charge is 2.09. The zero-order chi connectivity index (χ0) is 10.1. The Bertz CT molecular complexity index is 520. The van der Waals surface area contributed by atoms with Gasteiger partial charge in [0.2, 0.25) is 0 Å². The van der Waals surface area contributed by atoms with Gasteiger partial charge in [-0.05, 0) is 24.6 Å². The van der Waals surface area contributed by atoms with Crippen LogP contribution >= 0.6 is 12.6 Å². The van der Waals surface area contributed by atoms with Crippen molar-refractivity contribution in [1.82, 2.24) is 4.98 Å². The topological polar surface area (TPSA) is 39.6 Å². The van der Waals surface area contributed by atoms with Gasteiger partial charge in [-0.1, -0.05) is 6.07 Å². The van der Waals surface area contributed by atoms with Gasteiger partial charge in [0.1, 0.15) is 0 Å². The Morgan fingerprint density at radius 1 is 1.50 bits per heavy atom. The van der Waals surface area contributed by atoms with Crippen molar-refractivity contribution in [3.63, 3.8) is 0 Å². The zero-order valence-corrected chi connectivity index (χ0v) is 8.73. The standard InChI is InChI=1S/C11H10N2S/c1-7-8(5-6-12)11-9(13-7)3-2-4-10(11)14/h2-4,13-14H,5H2,1H3. The highest BCUT2D eigenvalue weighted by atomic mass is 32.1. The van der Waals surface area contributed by atoms with Crippen LogP contribution in [0.5, 0.6) is 0 Å². The van der Waals surface area contributed by atoms with E-state index >= 15 is 0 Å². The van der Waals surface area contributed by atoms with E-state index < -0.39 is 0 Å². The van der Waals surface area contributed by atoms with Crippen molar-refractivity contribution in [3.8, 4) is 6.07 Å². The van der Waals surface area contributed by atoms with Crippen LogP contribution in [0.3, 0.4) is 0 Å². The molecule has 0 saturated carbocycles. The Kier molecular flexibility index (Phi) is 2.22. The third kappa shape index (κ3) is 1.28. The molecule has 1 aromatic carbocycles. The molecule has 0 saturated heterocycles. The van der Waals surface area contributed by atoms with Gasteiger partial charge in [0.25, 0.3) is 0 Å².